The lowest BCUT2D eigenvalue weighted by Gasteiger charge is -2.13. The van der Waals surface area contributed by atoms with Crippen LogP contribution in [0.2, 0.25) is 0 Å². The van der Waals surface area contributed by atoms with Gasteiger partial charge in [0.15, 0.2) is 0 Å². The zero-order chi connectivity index (χ0) is 14.0. The average molecular weight is 256 g/mol. The van der Waals surface area contributed by atoms with Crippen LogP contribution in [0.5, 0.6) is 0 Å². The standard InChI is InChI=1S/C16H13FO2/c1-10(2)11-7-5-8-13(16(18)19)15(11)12-6-3-4-9-14(12)17/h3-9H,1H2,2H3,(H,18,19). The van der Waals surface area contributed by atoms with Crippen LogP contribution in [0.15, 0.2) is 49.0 Å². The van der Waals surface area contributed by atoms with Crippen LogP contribution in [-0.4, -0.2) is 11.1 Å². The van der Waals surface area contributed by atoms with Crippen molar-refractivity contribution >= 4 is 11.5 Å². The van der Waals surface area contributed by atoms with Gasteiger partial charge in [0.1, 0.15) is 5.82 Å². The van der Waals surface area contributed by atoms with Crippen LogP contribution >= 0.6 is 0 Å². The van der Waals surface area contributed by atoms with Crippen LogP contribution in [0.25, 0.3) is 16.7 Å². The lowest BCUT2D eigenvalue weighted by Crippen LogP contribution is -2.03. The molecule has 0 radical (unpaired) electrons. The van der Waals surface area contributed by atoms with Gasteiger partial charge in [-0.15, -0.1) is 0 Å². The summed E-state index contributed by atoms with van der Waals surface area (Å²) in [5.41, 5.74) is 2.07. The third-order valence-corrected chi connectivity index (χ3v) is 2.90. The van der Waals surface area contributed by atoms with Crippen LogP contribution < -0.4 is 0 Å². The number of carboxylic acids is 1. The number of halogens is 1. The second-order valence-corrected chi connectivity index (χ2v) is 4.29. The number of rotatable bonds is 3. The van der Waals surface area contributed by atoms with Gasteiger partial charge in [-0.2, -0.15) is 0 Å². The monoisotopic (exact) mass is 256 g/mol. The van der Waals surface area contributed by atoms with E-state index in [4.69, 9.17) is 0 Å². The molecule has 2 rings (SSSR count). The molecule has 1 N–H and O–H groups in total. The Bertz CT molecular complexity index is 627. The summed E-state index contributed by atoms with van der Waals surface area (Å²) >= 11 is 0. The van der Waals surface area contributed by atoms with Crippen LogP contribution in [0.1, 0.15) is 22.8 Å². The van der Waals surface area contributed by atoms with E-state index >= 15 is 0 Å². The maximum Gasteiger partial charge on any atom is 0.336 e. The predicted octanol–water partition coefficient (Wildman–Crippen LogP) is 4.22. The molecule has 0 aliphatic heterocycles. The molecule has 0 amide bonds. The predicted molar refractivity (Wildman–Crippen MR) is 73.5 cm³/mol. The molecule has 96 valence electrons. The van der Waals surface area contributed by atoms with Crippen LogP contribution in [0.4, 0.5) is 4.39 Å². The van der Waals surface area contributed by atoms with Gasteiger partial charge < -0.3 is 5.11 Å². The normalized spacial score (nSPS) is 10.2. The molecule has 2 aromatic carbocycles. The van der Waals surface area contributed by atoms with Crippen molar-refractivity contribution in [3.8, 4) is 11.1 Å². The first-order valence-corrected chi connectivity index (χ1v) is 5.79. The molecule has 0 unspecified atom stereocenters. The van der Waals surface area contributed by atoms with Crippen molar-refractivity contribution in [2.45, 2.75) is 6.92 Å². The summed E-state index contributed by atoms with van der Waals surface area (Å²) in [6.07, 6.45) is 0. The Morgan fingerprint density at radius 2 is 1.74 bits per heavy atom. The minimum Gasteiger partial charge on any atom is -0.478 e. The summed E-state index contributed by atoms with van der Waals surface area (Å²) in [5, 5.41) is 9.27. The fraction of sp³-hybridized carbons (Fsp3) is 0.0625. The molecular weight excluding hydrogens is 243 g/mol. The second kappa shape index (κ2) is 5.06. The maximum absolute atomic E-state index is 13.9. The van der Waals surface area contributed by atoms with Crippen LogP contribution in [0, 0.1) is 5.82 Å². The van der Waals surface area contributed by atoms with Crippen molar-refractivity contribution in [3.05, 3.63) is 66.0 Å². The largest absolute Gasteiger partial charge is 0.478 e. The van der Waals surface area contributed by atoms with Gasteiger partial charge >= 0.3 is 5.97 Å². The topological polar surface area (TPSA) is 37.3 Å². The molecule has 0 heterocycles. The van der Waals surface area contributed by atoms with E-state index in [9.17, 15) is 14.3 Å². The zero-order valence-corrected chi connectivity index (χ0v) is 10.5. The van der Waals surface area contributed by atoms with Crippen LogP contribution in [-0.2, 0) is 0 Å². The van der Waals surface area contributed by atoms with Crippen molar-refractivity contribution in [3.63, 3.8) is 0 Å². The molecule has 19 heavy (non-hydrogen) atoms. The molecule has 3 heteroatoms. The quantitative estimate of drug-likeness (QED) is 0.892. The van der Waals surface area contributed by atoms with E-state index in [-0.39, 0.29) is 11.1 Å². The minimum atomic E-state index is -1.08. The fourth-order valence-electron chi connectivity index (χ4n) is 2.04. The average Bonchev–Trinajstić information content (AvgIpc) is 2.38. The van der Waals surface area contributed by atoms with E-state index < -0.39 is 11.8 Å². The maximum atomic E-state index is 13.9. The van der Waals surface area contributed by atoms with Gasteiger partial charge in [0, 0.05) is 11.1 Å². The Morgan fingerprint density at radius 3 is 2.32 bits per heavy atom. The highest BCUT2D eigenvalue weighted by atomic mass is 19.1. The Balaban J connectivity index is 2.83. The molecule has 0 aliphatic carbocycles. The van der Waals surface area contributed by atoms with Gasteiger partial charge in [0.25, 0.3) is 0 Å². The molecule has 0 saturated carbocycles. The highest BCUT2D eigenvalue weighted by Gasteiger charge is 2.18. The van der Waals surface area contributed by atoms with Crippen molar-refractivity contribution < 1.29 is 14.3 Å². The molecule has 0 spiro atoms. The van der Waals surface area contributed by atoms with Crippen LogP contribution in [0.3, 0.4) is 0 Å². The van der Waals surface area contributed by atoms with E-state index in [1.807, 2.05) is 0 Å². The SMILES string of the molecule is C=C(C)c1cccc(C(=O)O)c1-c1ccccc1F. The van der Waals surface area contributed by atoms with Gasteiger partial charge in [-0.25, -0.2) is 9.18 Å². The van der Waals surface area contributed by atoms with Gasteiger partial charge in [-0.3, -0.25) is 0 Å². The number of allylic oxidation sites excluding steroid dienone is 1. The van der Waals surface area contributed by atoms with Gasteiger partial charge in [-0.05, 0) is 24.6 Å². The molecule has 0 aliphatic rings. The molecule has 0 atom stereocenters. The summed E-state index contributed by atoms with van der Waals surface area (Å²) in [4.78, 5) is 11.3. The van der Waals surface area contributed by atoms with Gasteiger partial charge in [-0.1, -0.05) is 42.5 Å². The second-order valence-electron chi connectivity index (χ2n) is 4.29. The number of benzene rings is 2. The van der Waals surface area contributed by atoms with E-state index in [0.29, 0.717) is 16.7 Å². The Kier molecular flexibility index (Phi) is 3.47. The van der Waals surface area contributed by atoms with Crippen molar-refractivity contribution in [1.29, 1.82) is 0 Å². The Labute approximate surface area is 110 Å². The first-order chi connectivity index (χ1) is 9.02. The number of carboxylic acid groups (broad SMARTS) is 1. The van der Waals surface area contributed by atoms with E-state index in [2.05, 4.69) is 6.58 Å². The van der Waals surface area contributed by atoms with Crippen molar-refractivity contribution in [2.24, 2.45) is 0 Å². The Hall–Kier alpha value is -2.42. The lowest BCUT2D eigenvalue weighted by atomic mass is 9.91. The zero-order valence-electron chi connectivity index (χ0n) is 10.5. The number of aromatic carboxylic acids is 1. The third kappa shape index (κ3) is 2.40. The third-order valence-electron chi connectivity index (χ3n) is 2.90. The summed E-state index contributed by atoms with van der Waals surface area (Å²) < 4.78 is 13.9. The summed E-state index contributed by atoms with van der Waals surface area (Å²) in [6.45, 7) is 5.60. The first kappa shape index (κ1) is 13.0. The highest BCUT2D eigenvalue weighted by molar-refractivity contribution is 5.99. The minimum absolute atomic E-state index is 0.0746. The van der Waals surface area contributed by atoms with E-state index in [0.717, 1.165) is 0 Å². The summed E-state index contributed by atoms with van der Waals surface area (Å²) in [5.74, 6) is -1.53. The van der Waals surface area contributed by atoms with Crippen molar-refractivity contribution in [2.75, 3.05) is 0 Å². The molecule has 2 aromatic rings. The summed E-state index contributed by atoms with van der Waals surface area (Å²) in [7, 11) is 0. The van der Waals surface area contributed by atoms with E-state index in [1.54, 1.807) is 37.3 Å². The smallest absolute Gasteiger partial charge is 0.336 e. The van der Waals surface area contributed by atoms with E-state index in [1.165, 1.54) is 12.1 Å². The fourth-order valence-corrected chi connectivity index (χ4v) is 2.04. The van der Waals surface area contributed by atoms with Gasteiger partial charge in [0.2, 0.25) is 0 Å². The molecule has 0 saturated heterocycles. The first-order valence-electron chi connectivity index (χ1n) is 5.79. The Morgan fingerprint density at radius 1 is 1.11 bits per heavy atom. The molecule has 0 bridgehead atoms. The highest BCUT2D eigenvalue weighted by Crippen LogP contribution is 2.33. The molecule has 2 nitrogen and oxygen atoms in total. The number of carbonyl (C=O) groups is 1. The van der Waals surface area contributed by atoms with Gasteiger partial charge in [0.05, 0.1) is 5.56 Å². The molecule has 0 fully saturated rings. The lowest BCUT2D eigenvalue weighted by molar-refractivity contribution is 0.0697. The number of hydrogen-bond acceptors (Lipinski definition) is 1. The van der Waals surface area contributed by atoms with Crippen molar-refractivity contribution in [1.82, 2.24) is 0 Å². The molecular formula is C16H13FO2. The number of hydrogen-bond donors (Lipinski definition) is 1. The molecule has 0 aromatic heterocycles. The summed E-state index contributed by atoms with van der Waals surface area (Å²) in [6, 6.07) is 11.0.